The maximum absolute atomic E-state index is 4.76. The van der Waals surface area contributed by atoms with Crippen LogP contribution < -0.4 is 5.32 Å². The van der Waals surface area contributed by atoms with Crippen LogP contribution in [0.15, 0.2) is 47.5 Å². The number of para-hydroxylation sites is 1. The summed E-state index contributed by atoms with van der Waals surface area (Å²) < 4.78 is 0. The van der Waals surface area contributed by atoms with Crippen LogP contribution in [0.2, 0.25) is 0 Å². The normalized spacial score (nSPS) is 11.2. The van der Waals surface area contributed by atoms with Crippen molar-refractivity contribution in [1.29, 1.82) is 0 Å². The second-order valence-electron chi connectivity index (χ2n) is 6.17. The highest BCUT2D eigenvalue weighted by Gasteiger charge is 2.09. The summed E-state index contributed by atoms with van der Waals surface area (Å²) in [6.45, 7) is 8.67. The zero-order chi connectivity index (χ0) is 17.1. The number of thioether (sulfide) groups is 1. The van der Waals surface area contributed by atoms with Crippen LogP contribution in [0.25, 0.3) is 10.9 Å². The summed E-state index contributed by atoms with van der Waals surface area (Å²) in [6.07, 6.45) is 1.90. The molecule has 0 unspecified atom stereocenters. The molecule has 3 nitrogen and oxygen atoms in total. The van der Waals surface area contributed by atoms with Gasteiger partial charge in [-0.25, -0.2) is 9.97 Å². The van der Waals surface area contributed by atoms with Crippen molar-refractivity contribution in [2.24, 2.45) is 0 Å². The molecule has 2 aromatic carbocycles. The maximum Gasteiger partial charge on any atom is 0.227 e. The van der Waals surface area contributed by atoms with Crippen molar-refractivity contribution in [1.82, 2.24) is 9.97 Å². The Balaban J connectivity index is 1.94. The molecule has 3 aromatic rings. The van der Waals surface area contributed by atoms with Crippen molar-refractivity contribution in [3.8, 4) is 0 Å². The van der Waals surface area contributed by atoms with E-state index in [2.05, 4.69) is 74.4 Å². The monoisotopic (exact) mass is 337 g/mol. The molecule has 0 spiro atoms. The topological polar surface area (TPSA) is 37.8 Å². The lowest BCUT2D eigenvalue weighted by molar-refractivity contribution is 0.872. The van der Waals surface area contributed by atoms with E-state index in [0.29, 0.717) is 11.9 Å². The lowest BCUT2D eigenvalue weighted by atomic mass is 10.0. The Morgan fingerprint density at radius 3 is 2.71 bits per heavy atom. The minimum atomic E-state index is 0.434. The van der Waals surface area contributed by atoms with Gasteiger partial charge in [0, 0.05) is 22.2 Å². The van der Waals surface area contributed by atoms with Gasteiger partial charge in [-0.2, -0.15) is 0 Å². The molecule has 1 N–H and O–H groups in total. The third kappa shape index (κ3) is 3.54. The summed E-state index contributed by atoms with van der Waals surface area (Å²) >= 11 is 1.85. The molecule has 24 heavy (non-hydrogen) atoms. The number of nitrogens with zero attached hydrogens (tertiary/aromatic N) is 2. The van der Waals surface area contributed by atoms with Gasteiger partial charge in [-0.3, -0.25) is 0 Å². The van der Waals surface area contributed by atoms with Crippen molar-refractivity contribution in [2.75, 3.05) is 11.1 Å². The molecule has 0 aliphatic carbocycles. The van der Waals surface area contributed by atoms with Gasteiger partial charge in [0.1, 0.15) is 0 Å². The Morgan fingerprint density at radius 1 is 1.17 bits per heavy atom. The van der Waals surface area contributed by atoms with Crippen molar-refractivity contribution >= 4 is 34.3 Å². The highest BCUT2D eigenvalue weighted by atomic mass is 32.2. The van der Waals surface area contributed by atoms with E-state index < -0.39 is 0 Å². The van der Waals surface area contributed by atoms with E-state index >= 15 is 0 Å². The molecule has 0 bridgehead atoms. The Hall–Kier alpha value is -2.07. The van der Waals surface area contributed by atoms with Gasteiger partial charge in [-0.05, 0) is 47.9 Å². The number of aryl methyl sites for hydroxylation is 1. The SMILES string of the molecule is CCSc1ccc(Nc2ncc3cccc(C(C)C)c3n2)c(C)c1. The average molecular weight is 337 g/mol. The van der Waals surface area contributed by atoms with Crippen LogP contribution in [0.5, 0.6) is 0 Å². The van der Waals surface area contributed by atoms with E-state index in [4.69, 9.17) is 4.98 Å². The molecule has 0 radical (unpaired) electrons. The highest BCUT2D eigenvalue weighted by molar-refractivity contribution is 7.99. The van der Waals surface area contributed by atoms with E-state index in [0.717, 1.165) is 22.3 Å². The molecule has 4 heteroatoms. The molecular weight excluding hydrogens is 314 g/mol. The zero-order valence-electron chi connectivity index (χ0n) is 14.6. The largest absolute Gasteiger partial charge is 0.324 e. The highest BCUT2D eigenvalue weighted by Crippen LogP contribution is 2.27. The van der Waals surface area contributed by atoms with Crippen LogP contribution in [0.1, 0.15) is 37.8 Å². The number of aromatic nitrogens is 2. The average Bonchev–Trinajstić information content (AvgIpc) is 2.57. The number of anilines is 2. The van der Waals surface area contributed by atoms with Crippen molar-refractivity contribution in [3.05, 3.63) is 53.7 Å². The van der Waals surface area contributed by atoms with Gasteiger partial charge in [0.05, 0.1) is 5.52 Å². The van der Waals surface area contributed by atoms with E-state index in [1.807, 2.05) is 18.0 Å². The summed E-state index contributed by atoms with van der Waals surface area (Å²) in [7, 11) is 0. The molecule has 124 valence electrons. The van der Waals surface area contributed by atoms with Crippen LogP contribution in [0.4, 0.5) is 11.6 Å². The fourth-order valence-corrected chi connectivity index (χ4v) is 3.52. The van der Waals surface area contributed by atoms with E-state index in [1.165, 1.54) is 16.0 Å². The predicted molar refractivity (Wildman–Crippen MR) is 104 cm³/mol. The van der Waals surface area contributed by atoms with E-state index in [1.54, 1.807) is 0 Å². The first-order chi connectivity index (χ1) is 11.6. The fraction of sp³-hybridized carbons (Fsp3) is 0.300. The smallest absolute Gasteiger partial charge is 0.227 e. The molecule has 1 aromatic heterocycles. The number of benzene rings is 2. The second-order valence-corrected chi connectivity index (χ2v) is 7.51. The first-order valence-corrected chi connectivity index (χ1v) is 9.33. The third-order valence-corrected chi connectivity index (χ3v) is 4.90. The van der Waals surface area contributed by atoms with Gasteiger partial charge in [0.2, 0.25) is 5.95 Å². The molecule has 0 aliphatic rings. The first kappa shape index (κ1) is 16.8. The lowest BCUT2D eigenvalue weighted by Crippen LogP contribution is -2.01. The Kier molecular flexibility index (Phi) is 5.05. The standard InChI is InChI=1S/C20H23N3S/c1-5-24-16-9-10-18(14(4)11-16)22-20-21-12-15-7-6-8-17(13(2)3)19(15)23-20/h6-13H,5H2,1-4H3,(H,21,22,23). The van der Waals surface area contributed by atoms with Gasteiger partial charge in [0.15, 0.2) is 0 Å². The van der Waals surface area contributed by atoms with Gasteiger partial charge in [0.25, 0.3) is 0 Å². The summed E-state index contributed by atoms with van der Waals surface area (Å²) in [5.74, 6) is 2.16. The Bertz CT molecular complexity index is 859. The van der Waals surface area contributed by atoms with Gasteiger partial charge >= 0.3 is 0 Å². The summed E-state index contributed by atoms with van der Waals surface area (Å²) in [4.78, 5) is 10.5. The van der Waals surface area contributed by atoms with E-state index in [9.17, 15) is 0 Å². The minimum Gasteiger partial charge on any atom is -0.324 e. The van der Waals surface area contributed by atoms with Crippen molar-refractivity contribution in [3.63, 3.8) is 0 Å². The first-order valence-electron chi connectivity index (χ1n) is 8.34. The quantitative estimate of drug-likeness (QED) is 0.587. The molecule has 0 atom stereocenters. The minimum absolute atomic E-state index is 0.434. The van der Waals surface area contributed by atoms with Crippen molar-refractivity contribution in [2.45, 2.75) is 38.5 Å². The molecule has 1 heterocycles. The van der Waals surface area contributed by atoms with Crippen LogP contribution in [-0.2, 0) is 0 Å². The zero-order valence-corrected chi connectivity index (χ0v) is 15.4. The summed E-state index contributed by atoms with van der Waals surface area (Å²) in [5.41, 5.74) is 4.54. The van der Waals surface area contributed by atoms with Crippen LogP contribution in [0, 0.1) is 6.92 Å². The number of hydrogen-bond acceptors (Lipinski definition) is 4. The fourth-order valence-electron chi connectivity index (χ4n) is 2.76. The van der Waals surface area contributed by atoms with E-state index in [-0.39, 0.29) is 0 Å². The number of fused-ring (bicyclic) bond motifs is 1. The molecule has 0 saturated heterocycles. The summed E-state index contributed by atoms with van der Waals surface area (Å²) in [5, 5.41) is 4.45. The van der Waals surface area contributed by atoms with Crippen LogP contribution >= 0.6 is 11.8 Å². The lowest BCUT2D eigenvalue weighted by Gasteiger charge is -2.12. The van der Waals surface area contributed by atoms with Crippen LogP contribution in [-0.4, -0.2) is 15.7 Å². The number of nitrogens with one attached hydrogen (secondary N) is 1. The van der Waals surface area contributed by atoms with Gasteiger partial charge in [-0.1, -0.05) is 39.0 Å². The molecule has 0 aliphatic heterocycles. The molecule has 3 rings (SSSR count). The summed E-state index contributed by atoms with van der Waals surface area (Å²) in [6, 6.07) is 12.7. The predicted octanol–water partition coefficient (Wildman–Crippen LogP) is 5.92. The molecule has 0 amide bonds. The number of hydrogen-bond donors (Lipinski definition) is 1. The van der Waals surface area contributed by atoms with Crippen LogP contribution in [0.3, 0.4) is 0 Å². The second kappa shape index (κ2) is 7.22. The van der Waals surface area contributed by atoms with Crippen molar-refractivity contribution < 1.29 is 0 Å². The molecular formula is C20H23N3S. The molecule has 0 saturated carbocycles. The van der Waals surface area contributed by atoms with Gasteiger partial charge in [-0.15, -0.1) is 11.8 Å². The third-order valence-electron chi connectivity index (χ3n) is 4.02. The number of rotatable bonds is 5. The Labute approximate surface area is 147 Å². The van der Waals surface area contributed by atoms with Gasteiger partial charge < -0.3 is 5.32 Å². The molecule has 0 fully saturated rings. The Morgan fingerprint density at radius 2 is 2.00 bits per heavy atom. The maximum atomic E-state index is 4.76.